The van der Waals surface area contributed by atoms with Crippen LogP contribution in [0.15, 0.2) is 48.5 Å². The maximum Gasteiger partial charge on any atom is 0.346 e. The average Bonchev–Trinajstić information content (AvgIpc) is 3.16. The van der Waals surface area contributed by atoms with E-state index in [4.69, 9.17) is 23.7 Å². The summed E-state index contributed by atoms with van der Waals surface area (Å²) in [6.07, 6.45) is -4.90. The number of hydrogen-bond donors (Lipinski definition) is 5. The first-order chi connectivity index (χ1) is 26.9. The number of esters is 2. The zero-order valence-corrected chi connectivity index (χ0v) is 33.5. The third kappa shape index (κ3) is 8.64. The van der Waals surface area contributed by atoms with Crippen molar-refractivity contribution < 1.29 is 63.6 Å². The molecule has 4 aromatic rings. The lowest BCUT2D eigenvalue weighted by Crippen LogP contribution is -2.22. The van der Waals surface area contributed by atoms with Crippen LogP contribution in [-0.4, -0.2) is 57.5 Å². The number of ether oxygens (including phenoxy) is 5. The summed E-state index contributed by atoms with van der Waals surface area (Å²) in [6, 6.07) is 11.3. The number of cyclic esters (lactones) is 1. The number of carbonyl (C=O) groups excluding carboxylic acids is 3. The van der Waals surface area contributed by atoms with Crippen molar-refractivity contribution in [2.24, 2.45) is 11.8 Å². The van der Waals surface area contributed by atoms with Gasteiger partial charge in [0.05, 0.1) is 25.9 Å². The molecule has 4 aromatic carbocycles. The predicted molar refractivity (Wildman–Crippen MR) is 208 cm³/mol. The lowest BCUT2D eigenvalue weighted by molar-refractivity contribution is -0.147. The van der Waals surface area contributed by atoms with Crippen LogP contribution in [0, 0.1) is 25.7 Å². The summed E-state index contributed by atoms with van der Waals surface area (Å²) in [7, 11) is 2.58. The molecule has 0 spiro atoms. The van der Waals surface area contributed by atoms with Gasteiger partial charge in [-0.1, -0.05) is 33.8 Å². The van der Waals surface area contributed by atoms with E-state index < -0.39 is 70.5 Å². The molecule has 0 aromatic heterocycles. The molecule has 0 saturated heterocycles. The highest BCUT2D eigenvalue weighted by Gasteiger charge is 2.40. The van der Waals surface area contributed by atoms with Crippen LogP contribution < -0.4 is 14.2 Å². The maximum absolute atomic E-state index is 14.8. The van der Waals surface area contributed by atoms with Crippen molar-refractivity contribution in [3.05, 3.63) is 98.6 Å². The Morgan fingerprint density at radius 3 is 1.96 bits per heavy atom. The van der Waals surface area contributed by atoms with Crippen molar-refractivity contribution in [3.8, 4) is 40.2 Å². The molecule has 5 rings (SSSR count). The SMILES string of the molecule is COc1c(C(O)CC(C)C)ccc(O)c1C(=O)c1c(O)cc(C)cc1C1OC(=O)c2c(ccc(C(CC(C)C)OC(C)=O)c2OC)Oc2c(O)cc(C)cc2C1O. The van der Waals surface area contributed by atoms with Gasteiger partial charge in [-0.2, -0.15) is 0 Å². The first-order valence-electron chi connectivity index (χ1n) is 18.6. The molecule has 13 nitrogen and oxygen atoms in total. The average molecular weight is 787 g/mol. The molecule has 0 fully saturated rings. The van der Waals surface area contributed by atoms with E-state index in [1.807, 2.05) is 27.7 Å². The summed E-state index contributed by atoms with van der Waals surface area (Å²) < 4.78 is 29.5. The fourth-order valence-electron chi connectivity index (χ4n) is 7.31. The highest BCUT2D eigenvalue weighted by molar-refractivity contribution is 6.15. The number of carbonyl (C=O) groups is 3. The molecule has 5 N–H and O–H groups in total. The lowest BCUT2D eigenvalue weighted by Gasteiger charge is -2.27. The zero-order valence-electron chi connectivity index (χ0n) is 33.5. The highest BCUT2D eigenvalue weighted by atomic mass is 16.6. The maximum atomic E-state index is 14.8. The third-order valence-corrected chi connectivity index (χ3v) is 9.67. The summed E-state index contributed by atoms with van der Waals surface area (Å²) >= 11 is 0. The number of aromatic hydroxyl groups is 3. The van der Waals surface area contributed by atoms with Crippen molar-refractivity contribution in [2.45, 2.75) is 85.7 Å². The standard InChI is InChI=1S/C44H50O13/c1-20(2)14-30(47)25-10-12-29(46)36(41(25)53-8)39(51)35-27(16-22(5)18-31(35)48)43-38(50)28-17-23(6)19-32(49)40(28)56-33-13-11-26(34(15-21(3)4)55-24(7)45)42(54-9)37(33)44(52)57-43/h10-13,16-21,30,34,38,43,46-50H,14-15H2,1-9H3. The van der Waals surface area contributed by atoms with Crippen molar-refractivity contribution in [1.29, 1.82) is 0 Å². The molecular weight excluding hydrogens is 736 g/mol. The minimum atomic E-state index is -1.84. The Morgan fingerprint density at radius 1 is 0.772 bits per heavy atom. The molecular formula is C44H50O13. The van der Waals surface area contributed by atoms with Crippen LogP contribution in [0.4, 0.5) is 0 Å². The molecule has 0 saturated carbocycles. The molecule has 304 valence electrons. The molecule has 1 heterocycles. The number of aryl methyl sites for hydroxylation is 2. The first kappa shape index (κ1) is 42.4. The van der Waals surface area contributed by atoms with Crippen molar-refractivity contribution in [3.63, 3.8) is 0 Å². The molecule has 13 heteroatoms. The van der Waals surface area contributed by atoms with E-state index >= 15 is 0 Å². The molecule has 1 aliphatic rings. The lowest BCUT2D eigenvalue weighted by atomic mass is 9.87. The van der Waals surface area contributed by atoms with Gasteiger partial charge in [0, 0.05) is 29.2 Å². The second kappa shape index (κ2) is 17.1. The van der Waals surface area contributed by atoms with Gasteiger partial charge in [-0.25, -0.2) is 4.79 Å². The highest BCUT2D eigenvalue weighted by Crippen LogP contribution is 2.50. The Labute approximate surface area is 331 Å². The number of fused-ring (bicyclic) bond motifs is 2. The van der Waals surface area contributed by atoms with Crippen LogP contribution in [0.25, 0.3) is 0 Å². The summed E-state index contributed by atoms with van der Waals surface area (Å²) in [5.74, 6) is -4.59. The van der Waals surface area contributed by atoms with E-state index in [9.17, 15) is 39.9 Å². The Hall–Kier alpha value is -5.79. The van der Waals surface area contributed by atoms with Gasteiger partial charge < -0.3 is 49.2 Å². The van der Waals surface area contributed by atoms with Crippen LogP contribution in [0.3, 0.4) is 0 Å². The van der Waals surface area contributed by atoms with Gasteiger partial charge in [-0.05, 0) is 92.1 Å². The van der Waals surface area contributed by atoms with E-state index in [-0.39, 0.29) is 57.1 Å². The Balaban J connectivity index is 1.80. The monoisotopic (exact) mass is 786 g/mol. The van der Waals surface area contributed by atoms with E-state index in [2.05, 4.69) is 0 Å². The number of methoxy groups -OCH3 is 2. The first-order valence-corrected chi connectivity index (χ1v) is 18.6. The largest absolute Gasteiger partial charge is 0.507 e. The Kier molecular flexibility index (Phi) is 12.7. The number of benzene rings is 4. The van der Waals surface area contributed by atoms with Gasteiger partial charge in [0.15, 0.2) is 17.6 Å². The molecule has 0 aliphatic carbocycles. The molecule has 4 unspecified atom stereocenters. The normalized spacial score (nSPS) is 16.3. The summed E-state index contributed by atoms with van der Waals surface area (Å²) in [5, 5.41) is 57.3. The van der Waals surface area contributed by atoms with Crippen molar-refractivity contribution in [1.82, 2.24) is 0 Å². The zero-order chi connectivity index (χ0) is 42.0. The van der Waals surface area contributed by atoms with Gasteiger partial charge in [-0.3, -0.25) is 9.59 Å². The minimum Gasteiger partial charge on any atom is -0.507 e. The van der Waals surface area contributed by atoms with E-state index in [0.29, 0.717) is 29.5 Å². The van der Waals surface area contributed by atoms with Crippen LogP contribution in [-0.2, 0) is 14.3 Å². The second-order valence-electron chi connectivity index (χ2n) is 15.2. The smallest absolute Gasteiger partial charge is 0.346 e. The van der Waals surface area contributed by atoms with Crippen LogP contribution in [0.1, 0.15) is 132 Å². The second-order valence-corrected chi connectivity index (χ2v) is 15.2. The van der Waals surface area contributed by atoms with Crippen molar-refractivity contribution in [2.75, 3.05) is 14.2 Å². The van der Waals surface area contributed by atoms with Gasteiger partial charge in [0.25, 0.3) is 0 Å². The van der Waals surface area contributed by atoms with E-state index in [1.165, 1.54) is 63.6 Å². The number of aliphatic hydroxyl groups excluding tert-OH is 2. The fraction of sp³-hybridized carbons (Fsp3) is 0.386. The predicted octanol–water partition coefficient (Wildman–Crippen LogP) is 8.14. The van der Waals surface area contributed by atoms with Crippen LogP contribution >= 0.6 is 0 Å². The molecule has 0 radical (unpaired) electrons. The molecule has 57 heavy (non-hydrogen) atoms. The van der Waals surface area contributed by atoms with Gasteiger partial charge in [0.2, 0.25) is 5.78 Å². The molecule has 0 bridgehead atoms. The number of rotatable bonds is 12. The molecule has 0 amide bonds. The summed E-state index contributed by atoms with van der Waals surface area (Å²) in [4.78, 5) is 41.6. The topological polar surface area (TPSA) is 199 Å². The van der Waals surface area contributed by atoms with Gasteiger partial charge >= 0.3 is 11.9 Å². The number of hydrogen-bond acceptors (Lipinski definition) is 13. The third-order valence-electron chi connectivity index (χ3n) is 9.67. The van der Waals surface area contributed by atoms with E-state index in [0.717, 1.165) is 0 Å². The summed E-state index contributed by atoms with van der Waals surface area (Å²) in [6.45, 7) is 12.2. The van der Waals surface area contributed by atoms with Gasteiger partial charge in [-0.15, -0.1) is 0 Å². The molecule has 1 aliphatic heterocycles. The number of aliphatic hydroxyl groups is 2. The molecule has 4 atom stereocenters. The minimum absolute atomic E-state index is 0.0302. The van der Waals surface area contributed by atoms with Gasteiger partial charge in [0.1, 0.15) is 52.1 Å². The summed E-state index contributed by atoms with van der Waals surface area (Å²) in [5.41, 5.74) is 0.114. The number of phenols is 3. The Morgan fingerprint density at radius 2 is 1.37 bits per heavy atom. The fourth-order valence-corrected chi connectivity index (χ4v) is 7.31. The van der Waals surface area contributed by atoms with Crippen LogP contribution in [0.5, 0.6) is 40.2 Å². The van der Waals surface area contributed by atoms with E-state index in [1.54, 1.807) is 19.9 Å². The number of ketones is 1. The van der Waals surface area contributed by atoms with Crippen LogP contribution in [0.2, 0.25) is 0 Å². The quantitative estimate of drug-likeness (QED) is 0.0682. The number of phenolic OH excluding ortho intramolecular Hbond substituents is 3. The Bertz CT molecular complexity index is 2190. The van der Waals surface area contributed by atoms with Crippen molar-refractivity contribution >= 4 is 17.7 Å².